The number of rotatable bonds is 11. The fraction of sp³-hybridized carbons (Fsp3) is 0.423. The molecule has 2 heterocycles. The van der Waals surface area contributed by atoms with Crippen molar-refractivity contribution in [2.24, 2.45) is 0 Å². The maximum absolute atomic E-state index is 14.6. The number of nitrogens with one attached hydrogen (secondary N) is 2. The number of aromatic nitrogens is 2. The number of nitrogens with zero attached hydrogens (tertiary/aromatic N) is 1. The molecule has 0 radical (unpaired) electrons. The van der Waals surface area contributed by atoms with Gasteiger partial charge in [-0.3, -0.25) is 23.7 Å². The molecular weight excluding hydrogens is 619 g/mol. The Labute approximate surface area is 247 Å². The van der Waals surface area contributed by atoms with Gasteiger partial charge in [0.15, 0.2) is 11.8 Å². The summed E-state index contributed by atoms with van der Waals surface area (Å²) in [5, 5.41) is 24.3. The molecule has 13 nitrogen and oxygen atoms in total. The van der Waals surface area contributed by atoms with E-state index < -0.39 is 79.2 Å². The standard InChI is InChI=1S/C26H29ClF2N3O10P/c1-13(2)40-23(36)14(3)31-43(38,42-18-10-6-8-15-7-4-5-9-16(15)18)39-12-26(24(28)29)20(34)19(33)22(41-26)32-11-17(27)21(35)30-25(32)37/h4-11,13-14,19-20,22,24,33-34H,12H2,1-3H3,(H,31,38)(H,30,35,37)/t14-,19+,20-,22+,26+,43-/m0/s1. The van der Waals surface area contributed by atoms with E-state index in [1.165, 1.54) is 13.0 Å². The maximum Gasteiger partial charge on any atom is 0.459 e. The zero-order chi connectivity index (χ0) is 31.7. The lowest BCUT2D eigenvalue weighted by atomic mass is 9.96. The van der Waals surface area contributed by atoms with Gasteiger partial charge in [0.2, 0.25) is 0 Å². The first kappa shape index (κ1) is 32.7. The Morgan fingerprint density at radius 1 is 1.19 bits per heavy atom. The summed E-state index contributed by atoms with van der Waals surface area (Å²) in [6.07, 6.45) is -9.94. The van der Waals surface area contributed by atoms with Crippen LogP contribution >= 0.6 is 19.3 Å². The van der Waals surface area contributed by atoms with Crippen LogP contribution in [0.5, 0.6) is 5.75 Å². The van der Waals surface area contributed by atoms with Crippen molar-refractivity contribution in [2.45, 2.75) is 63.4 Å². The SMILES string of the molecule is CC(C)OC(=O)[C@H](C)N[P@](=O)(OC[C@@]1(C(F)F)O[C@@H](n2cc(Cl)c(=O)[nH]c2=O)[C@H](O)[C@@H]1O)Oc1cccc2ccccc12. The number of H-pyrrole nitrogens is 1. The Kier molecular flexibility index (Phi) is 9.76. The van der Waals surface area contributed by atoms with Gasteiger partial charge in [0.1, 0.15) is 29.0 Å². The lowest BCUT2D eigenvalue weighted by molar-refractivity contribution is -0.192. The lowest BCUT2D eigenvalue weighted by Gasteiger charge is -2.32. The van der Waals surface area contributed by atoms with Crippen LogP contribution in [0, 0.1) is 0 Å². The number of aliphatic hydroxyl groups excluding tert-OH is 2. The number of carbonyl (C=O) groups excluding carboxylic acids is 1. The highest BCUT2D eigenvalue weighted by Crippen LogP contribution is 2.50. The first-order valence-corrected chi connectivity index (χ1v) is 14.8. The second-order valence-electron chi connectivity index (χ2n) is 10.0. The van der Waals surface area contributed by atoms with Gasteiger partial charge in [0.05, 0.1) is 12.7 Å². The molecule has 6 atom stereocenters. The third-order valence-corrected chi connectivity index (χ3v) is 8.39. The Morgan fingerprint density at radius 3 is 2.53 bits per heavy atom. The zero-order valence-corrected chi connectivity index (χ0v) is 24.6. The average molecular weight is 648 g/mol. The van der Waals surface area contributed by atoms with Crippen LogP contribution < -0.4 is 20.9 Å². The molecule has 0 bridgehead atoms. The van der Waals surface area contributed by atoms with E-state index in [1.807, 2.05) is 4.98 Å². The molecule has 4 N–H and O–H groups in total. The van der Waals surface area contributed by atoms with Crippen LogP contribution in [0.2, 0.25) is 5.02 Å². The Bertz CT molecular complexity index is 1650. The van der Waals surface area contributed by atoms with Crippen molar-refractivity contribution in [2.75, 3.05) is 6.61 Å². The lowest BCUT2D eigenvalue weighted by Crippen LogP contribution is -2.53. The topological polar surface area (TPSA) is 178 Å². The molecule has 17 heteroatoms. The predicted molar refractivity (Wildman–Crippen MR) is 149 cm³/mol. The van der Waals surface area contributed by atoms with Gasteiger partial charge in [-0.1, -0.05) is 48.0 Å². The van der Waals surface area contributed by atoms with Gasteiger partial charge in [-0.15, -0.1) is 0 Å². The highest BCUT2D eigenvalue weighted by atomic mass is 35.5. The van der Waals surface area contributed by atoms with Crippen LogP contribution in [-0.2, 0) is 23.4 Å². The summed E-state index contributed by atoms with van der Waals surface area (Å²) in [6, 6.07) is 10.2. The second-order valence-corrected chi connectivity index (χ2v) is 12.1. The summed E-state index contributed by atoms with van der Waals surface area (Å²) in [5.74, 6) is -0.851. The van der Waals surface area contributed by atoms with E-state index in [0.717, 1.165) is 6.20 Å². The molecule has 2 aromatic carbocycles. The molecule has 1 aliphatic rings. The van der Waals surface area contributed by atoms with Crippen molar-refractivity contribution < 1.29 is 46.9 Å². The van der Waals surface area contributed by atoms with Crippen LogP contribution in [-0.4, -0.2) is 68.7 Å². The van der Waals surface area contributed by atoms with Gasteiger partial charge in [0, 0.05) is 11.6 Å². The summed E-state index contributed by atoms with van der Waals surface area (Å²) >= 11 is 5.75. The van der Waals surface area contributed by atoms with Gasteiger partial charge >= 0.3 is 19.4 Å². The summed E-state index contributed by atoms with van der Waals surface area (Å²) in [5.41, 5.74) is -5.24. The fourth-order valence-corrected chi connectivity index (χ4v) is 6.05. The number of hydrogen-bond donors (Lipinski definition) is 4. The van der Waals surface area contributed by atoms with Crippen LogP contribution in [0.4, 0.5) is 8.78 Å². The molecule has 0 saturated carbocycles. The summed E-state index contributed by atoms with van der Waals surface area (Å²) in [6.45, 7) is 3.08. The molecule has 43 heavy (non-hydrogen) atoms. The first-order chi connectivity index (χ1) is 20.2. The molecule has 1 aliphatic heterocycles. The van der Waals surface area contributed by atoms with Gasteiger partial charge in [0.25, 0.3) is 12.0 Å². The number of aliphatic hydroxyl groups is 2. The molecule has 0 aliphatic carbocycles. The smallest absolute Gasteiger partial charge is 0.459 e. The van der Waals surface area contributed by atoms with Crippen molar-refractivity contribution >= 4 is 36.1 Å². The highest BCUT2D eigenvalue weighted by molar-refractivity contribution is 7.52. The minimum absolute atomic E-state index is 0.00434. The quantitative estimate of drug-likeness (QED) is 0.178. The van der Waals surface area contributed by atoms with Crippen molar-refractivity contribution in [1.82, 2.24) is 14.6 Å². The van der Waals surface area contributed by atoms with Crippen LogP contribution in [0.15, 0.2) is 58.3 Å². The van der Waals surface area contributed by atoms with E-state index in [-0.39, 0.29) is 5.75 Å². The third-order valence-electron chi connectivity index (χ3n) is 6.51. The normalized spacial score (nSPS) is 24.3. The minimum Gasteiger partial charge on any atom is -0.462 e. The number of alkyl halides is 2. The summed E-state index contributed by atoms with van der Waals surface area (Å²) < 4.78 is 65.4. The molecule has 0 spiro atoms. The van der Waals surface area contributed by atoms with Crippen molar-refractivity contribution in [1.29, 1.82) is 0 Å². The second kappa shape index (κ2) is 12.8. The number of benzene rings is 2. The summed E-state index contributed by atoms with van der Waals surface area (Å²) in [4.78, 5) is 38.3. The maximum atomic E-state index is 14.6. The van der Waals surface area contributed by atoms with Crippen LogP contribution in [0.3, 0.4) is 0 Å². The molecule has 1 saturated heterocycles. The number of hydrogen-bond acceptors (Lipinski definition) is 10. The highest BCUT2D eigenvalue weighted by Gasteiger charge is 2.61. The van der Waals surface area contributed by atoms with Crippen LogP contribution in [0.25, 0.3) is 10.8 Å². The van der Waals surface area contributed by atoms with Gasteiger partial charge in [-0.05, 0) is 32.2 Å². The van der Waals surface area contributed by atoms with Gasteiger partial charge in [-0.2, -0.15) is 5.09 Å². The number of fused-ring (bicyclic) bond motifs is 1. The average Bonchev–Trinajstić information content (AvgIpc) is 3.20. The largest absolute Gasteiger partial charge is 0.462 e. The molecule has 1 aromatic heterocycles. The fourth-order valence-electron chi connectivity index (χ4n) is 4.35. The summed E-state index contributed by atoms with van der Waals surface area (Å²) in [7, 11) is -4.79. The number of esters is 1. The number of ether oxygens (including phenoxy) is 2. The molecule has 4 rings (SSSR count). The van der Waals surface area contributed by atoms with E-state index in [0.29, 0.717) is 15.3 Å². The van der Waals surface area contributed by atoms with E-state index in [4.69, 9.17) is 30.1 Å². The minimum atomic E-state index is -4.79. The third kappa shape index (κ3) is 6.83. The van der Waals surface area contributed by atoms with Crippen molar-refractivity contribution in [3.63, 3.8) is 0 Å². The Hall–Kier alpha value is -3.17. The van der Waals surface area contributed by atoms with Crippen molar-refractivity contribution in [3.8, 4) is 5.75 Å². The predicted octanol–water partition coefficient (Wildman–Crippen LogP) is 2.73. The Morgan fingerprint density at radius 2 is 1.86 bits per heavy atom. The Balaban J connectivity index is 1.69. The van der Waals surface area contributed by atoms with Gasteiger partial charge < -0.3 is 24.2 Å². The number of aromatic amines is 1. The van der Waals surface area contributed by atoms with Crippen molar-refractivity contribution in [3.05, 3.63) is 74.5 Å². The molecular formula is C26H29ClF2N3O10P. The molecule has 1 fully saturated rings. The molecule has 0 amide bonds. The van der Waals surface area contributed by atoms with E-state index in [2.05, 4.69) is 5.09 Å². The number of halogens is 3. The van der Waals surface area contributed by atoms with E-state index >= 15 is 0 Å². The zero-order valence-electron chi connectivity index (χ0n) is 23.0. The first-order valence-electron chi connectivity index (χ1n) is 12.9. The molecule has 234 valence electrons. The van der Waals surface area contributed by atoms with Gasteiger partial charge in [-0.25, -0.2) is 18.1 Å². The van der Waals surface area contributed by atoms with E-state index in [1.54, 1.807) is 50.2 Å². The van der Waals surface area contributed by atoms with E-state index in [9.17, 15) is 37.9 Å². The number of carbonyl (C=O) groups is 1. The molecule has 3 aromatic rings. The monoisotopic (exact) mass is 647 g/mol. The molecule has 0 unspecified atom stereocenters. The van der Waals surface area contributed by atoms with Crippen LogP contribution in [0.1, 0.15) is 27.0 Å².